The Labute approximate surface area is 150 Å². The second-order valence-electron chi connectivity index (χ2n) is 5.97. The smallest absolute Gasteiger partial charge is 0.340 e. The monoisotopic (exact) mass is 356 g/mol. The average Bonchev–Trinajstić information content (AvgIpc) is 2.64. The van der Waals surface area contributed by atoms with Crippen LogP contribution >= 0.6 is 0 Å². The number of carbonyl (C=O) groups excluding carboxylic acids is 1. The Kier molecular flexibility index (Phi) is 4.46. The van der Waals surface area contributed by atoms with E-state index in [2.05, 4.69) is 0 Å². The number of hydrogen-bond acceptors (Lipinski definition) is 6. The zero-order valence-corrected chi connectivity index (χ0v) is 15.0. The lowest BCUT2D eigenvalue weighted by atomic mass is 9.83. The van der Waals surface area contributed by atoms with Gasteiger partial charge in [0.2, 0.25) is 5.88 Å². The molecule has 26 heavy (non-hydrogen) atoms. The summed E-state index contributed by atoms with van der Waals surface area (Å²) in [5.41, 5.74) is 7.49. The van der Waals surface area contributed by atoms with E-state index in [4.69, 9.17) is 19.9 Å². The summed E-state index contributed by atoms with van der Waals surface area (Å²) in [6.45, 7) is 1.79. The van der Waals surface area contributed by atoms with Gasteiger partial charge in [0.1, 0.15) is 17.1 Å². The van der Waals surface area contributed by atoms with E-state index in [1.165, 1.54) is 18.8 Å². The summed E-state index contributed by atoms with van der Waals surface area (Å²) in [5, 5.41) is 0. The Morgan fingerprint density at radius 1 is 1.27 bits per heavy atom. The number of methoxy groups -OCH3 is 2. The number of aromatic nitrogens is 1. The maximum Gasteiger partial charge on any atom is 0.340 e. The molecule has 2 N–H and O–H groups in total. The molecule has 0 aliphatic carbocycles. The first-order valence-electron chi connectivity index (χ1n) is 8.00. The first-order valence-corrected chi connectivity index (χ1v) is 8.00. The van der Waals surface area contributed by atoms with Crippen LogP contribution in [-0.2, 0) is 16.6 Å². The number of hydrogen-bond donors (Lipinski definition) is 1. The molecule has 1 aromatic heterocycles. The second-order valence-corrected chi connectivity index (χ2v) is 5.97. The highest BCUT2D eigenvalue weighted by Gasteiger charge is 2.39. The van der Waals surface area contributed by atoms with Crippen LogP contribution in [0, 0.1) is 6.92 Å². The van der Waals surface area contributed by atoms with Crippen molar-refractivity contribution in [3.05, 3.63) is 69.0 Å². The van der Waals surface area contributed by atoms with Crippen molar-refractivity contribution in [2.75, 3.05) is 14.2 Å². The Morgan fingerprint density at radius 2 is 1.96 bits per heavy atom. The largest absolute Gasteiger partial charge is 0.496 e. The lowest BCUT2D eigenvalue weighted by molar-refractivity contribution is -0.136. The van der Waals surface area contributed by atoms with E-state index in [0.29, 0.717) is 28.3 Å². The number of pyridine rings is 1. The normalized spacial score (nSPS) is 15.9. The fourth-order valence-electron chi connectivity index (χ4n) is 3.17. The SMILES string of the molecule is COC(=O)C1=C(N)Oc2cc(C)n(C)c(=O)c2[C@H]1c1ccccc1OC. The Hall–Kier alpha value is -3.22. The third kappa shape index (κ3) is 2.61. The fraction of sp³-hybridized carbons (Fsp3) is 0.263. The number of carbonyl (C=O) groups is 1. The number of fused-ring (bicyclic) bond motifs is 1. The van der Waals surface area contributed by atoms with E-state index in [1.807, 2.05) is 0 Å². The van der Waals surface area contributed by atoms with Gasteiger partial charge >= 0.3 is 5.97 Å². The van der Waals surface area contributed by atoms with Crippen molar-refractivity contribution < 1.29 is 19.0 Å². The molecular formula is C19H20N2O5. The van der Waals surface area contributed by atoms with Gasteiger partial charge in [-0.1, -0.05) is 18.2 Å². The molecule has 2 heterocycles. The standard InChI is InChI=1S/C19H20N2O5/c1-10-9-13-15(18(22)21(10)2)14(11-7-5-6-8-12(11)24-3)16(17(20)26-13)19(23)25-4/h5-9,14H,20H2,1-4H3/t14-/m1/s1. The Bertz CT molecular complexity index is 974. The molecule has 1 atom stereocenters. The van der Waals surface area contributed by atoms with E-state index in [-0.39, 0.29) is 17.0 Å². The highest BCUT2D eigenvalue weighted by atomic mass is 16.5. The summed E-state index contributed by atoms with van der Waals surface area (Å²) in [5.74, 6) is -0.657. The third-order valence-corrected chi connectivity index (χ3v) is 4.59. The van der Waals surface area contributed by atoms with Gasteiger partial charge in [-0.05, 0) is 13.0 Å². The van der Waals surface area contributed by atoms with Crippen LogP contribution < -0.4 is 20.8 Å². The van der Waals surface area contributed by atoms with Crippen LogP contribution in [0.1, 0.15) is 22.7 Å². The number of ether oxygens (including phenoxy) is 3. The van der Waals surface area contributed by atoms with E-state index in [1.54, 1.807) is 44.3 Å². The van der Waals surface area contributed by atoms with E-state index in [9.17, 15) is 9.59 Å². The van der Waals surface area contributed by atoms with E-state index < -0.39 is 11.9 Å². The molecule has 0 radical (unpaired) electrons. The highest BCUT2D eigenvalue weighted by Crippen LogP contribution is 2.43. The van der Waals surface area contributed by atoms with Crippen molar-refractivity contribution in [2.24, 2.45) is 12.8 Å². The van der Waals surface area contributed by atoms with Crippen molar-refractivity contribution in [1.29, 1.82) is 0 Å². The van der Waals surface area contributed by atoms with Gasteiger partial charge in [-0.2, -0.15) is 0 Å². The average molecular weight is 356 g/mol. The van der Waals surface area contributed by atoms with Crippen LogP contribution in [0.2, 0.25) is 0 Å². The predicted molar refractivity (Wildman–Crippen MR) is 95.1 cm³/mol. The Balaban J connectivity index is 2.39. The summed E-state index contributed by atoms with van der Waals surface area (Å²) in [7, 11) is 4.44. The number of nitrogens with zero attached hydrogens (tertiary/aromatic N) is 1. The van der Waals surface area contributed by atoms with E-state index in [0.717, 1.165) is 0 Å². The molecule has 1 aromatic carbocycles. The summed E-state index contributed by atoms with van der Waals surface area (Å²) in [6, 6.07) is 8.87. The quantitative estimate of drug-likeness (QED) is 0.839. The molecular weight excluding hydrogens is 336 g/mol. The van der Waals surface area contributed by atoms with Gasteiger partial charge in [0.15, 0.2) is 0 Å². The van der Waals surface area contributed by atoms with Gasteiger partial charge in [-0.25, -0.2) is 4.79 Å². The summed E-state index contributed by atoms with van der Waals surface area (Å²) >= 11 is 0. The van der Waals surface area contributed by atoms with Gasteiger partial charge in [0, 0.05) is 24.4 Å². The molecule has 0 fully saturated rings. The van der Waals surface area contributed by atoms with Crippen LogP contribution in [-0.4, -0.2) is 24.8 Å². The van der Waals surface area contributed by atoms with Crippen molar-refractivity contribution >= 4 is 5.97 Å². The maximum atomic E-state index is 13.0. The lowest BCUT2D eigenvalue weighted by Crippen LogP contribution is -2.34. The molecule has 7 nitrogen and oxygen atoms in total. The summed E-state index contributed by atoms with van der Waals surface area (Å²) < 4.78 is 17.4. The van der Waals surface area contributed by atoms with Gasteiger partial charge in [0.05, 0.1) is 25.7 Å². The van der Waals surface area contributed by atoms with E-state index >= 15 is 0 Å². The molecule has 0 bridgehead atoms. The van der Waals surface area contributed by atoms with Crippen molar-refractivity contribution in [3.63, 3.8) is 0 Å². The first-order chi connectivity index (χ1) is 12.4. The number of aryl methyl sites for hydroxylation is 1. The molecule has 0 saturated heterocycles. The molecule has 1 aliphatic heterocycles. The van der Waals surface area contributed by atoms with Crippen LogP contribution in [0.15, 0.2) is 46.6 Å². The molecule has 136 valence electrons. The molecule has 3 rings (SSSR count). The van der Waals surface area contributed by atoms with Crippen LogP contribution in [0.4, 0.5) is 0 Å². The maximum absolute atomic E-state index is 13.0. The van der Waals surface area contributed by atoms with Gasteiger partial charge in [-0.15, -0.1) is 0 Å². The minimum absolute atomic E-state index is 0.0745. The number of rotatable bonds is 3. The van der Waals surface area contributed by atoms with Crippen molar-refractivity contribution in [3.8, 4) is 11.5 Å². The minimum Gasteiger partial charge on any atom is -0.496 e. The molecule has 0 spiro atoms. The summed E-state index contributed by atoms with van der Waals surface area (Å²) in [4.78, 5) is 25.5. The Morgan fingerprint density at radius 3 is 2.62 bits per heavy atom. The number of esters is 1. The first kappa shape index (κ1) is 17.6. The number of para-hydroxylation sites is 1. The topological polar surface area (TPSA) is 92.8 Å². The summed E-state index contributed by atoms with van der Waals surface area (Å²) in [6.07, 6.45) is 0. The van der Waals surface area contributed by atoms with Gasteiger partial charge < -0.3 is 24.5 Å². The van der Waals surface area contributed by atoms with Crippen LogP contribution in [0.5, 0.6) is 11.5 Å². The molecule has 1 aliphatic rings. The van der Waals surface area contributed by atoms with Crippen molar-refractivity contribution in [2.45, 2.75) is 12.8 Å². The zero-order chi connectivity index (χ0) is 19.0. The van der Waals surface area contributed by atoms with Gasteiger partial charge in [-0.3, -0.25) is 4.79 Å². The molecule has 0 saturated carbocycles. The number of nitrogens with two attached hydrogens (primary N) is 1. The van der Waals surface area contributed by atoms with Gasteiger partial charge in [0.25, 0.3) is 5.56 Å². The lowest BCUT2D eigenvalue weighted by Gasteiger charge is -2.29. The highest BCUT2D eigenvalue weighted by molar-refractivity contribution is 5.92. The zero-order valence-electron chi connectivity index (χ0n) is 15.0. The molecule has 2 aromatic rings. The second kappa shape index (κ2) is 6.59. The van der Waals surface area contributed by atoms with Crippen LogP contribution in [0.3, 0.4) is 0 Å². The molecule has 7 heteroatoms. The molecule has 0 amide bonds. The van der Waals surface area contributed by atoms with Crippen molar-refractivity contribution in [1.82, 2.24) is 4.57 Å². The minimum atomic E-state index is -0.762. The molecule has 0 unspecified atom stereocenters. The fourth-order valence-corrected chi connectivity index (χ4v) is 3.17. The predicted octanol–water partition coefficient (Wildman–Crippen LogP) is 1.57. The number of benzene rings is 1. The van der Waals surface area contributed by atoms with Crippen LogP contribution in [0.25, 0.3) is 0 Å². The third-order valence-electron chi connectivity index (χ3n) is 4.59.